The van der Waals surface area contributed by atoms with Crippen molar-refractivity contribution in [3.05, 3.63) is 43.7 Å². The molecule has 4 N–H and O–H groups in total. The Morgan fingerprint density at radius 2 is 1.85 bits per heavy atom. The Morgan fingerprint density at radius 1 is 1.26 bits per heavy atom. The largest absolute Gasteiger partial charge is 0.573 e. The minimum absolute atomic E-state index is 0.293. The van der Waals surface area contributed by atoms with E-state index in [-0.39, 0.29) is 0 Å². The number of anilines is 1. The van der Waals surface area contributed by atoms with Crippen molar-refractivity contribution in [1.82, 2.24) is 4.98 Å². The molecule has 0 aliphatic carbocycles. The maximum atomic E-state index is 12.5. The molecule has 0 spiro atoms. The van der Waals surface area contributed by atoms with Crippen molar-refractivity contribution in [1.29, 1.82) is 10.5 Å². The summed E-state index contributed by atoms with van der Waals surface area (Å²) in [6, 6.07) is 3.72. The molecule has 10 nitrogen and oxygen atoms in total. The first-order chi connectivity index (χ1) is 12.5. The van der Waals surface area contributed by atoms with Gasteiger partial charge in [0, 0.05) is 11.1 Å². The number of phenols is 1. The predicted molar refractivity (Wildman–Crippen MR) is 81.3 cm³/mol. The Hall–Kier alpha value is -4.26. The summed E-state index contributed by atoms with van der Waals surface area (Å²) in [7, 11) is 0. The molecule has 0 fully saturated rings. The first-order valence-electron chi connectivity index (χ1n) is 6.63. The number of aromatic amines is 1. The van der Waals surface area contributed by atoms with Crippen LogP contribution in [0.15, 0.2) is 16.9 Å². The average Bonchev–Trinajstić information content (AvgIpc) is 2.54. The zero-order chi connectivity index (χ0) is 20.5. The number of aromatic hydroxyl groups is 1. The number of rotatable bonds is 3. The van der Waals surface area contributed by atoms with Crippen LogP contribution in [0.5, 0.6) is 11.5 Å². The molecule has 0 atom stereocenters. The fourth-order valence-electron chi connectivity index (χ4n) is 2.23. The third kappa shape index (κ3) is 3.57. The highest BCUT2D eigenvalue weighted by Gasteiger charge is 2.34. The van der Waals surface area contributed by atoms with Crippen LogP contribution in [0, 0.1) is 32.8 Å². The van der Waals surface area contributed by atoms with Gasteiger partial charge in [0.2, 0.25) is 5.75 Å². The van der Waals surface area contributed by atoms with Crippen LogP contribution in [-0.2, 0) is 0 Å². The van der Waals surface area contributed by atoms with E-state index in [1.54, 1.807) is 0 Å². The zero-order valence-corrected chi connectivity index (χ0v) is 12.8. The summed E-state index contributed by atoms with van der Waals surface area (Å²) < 4.78 is 41.1. The number of nitriles is 2. The standard InChI is InChI=1S/C14H6F3N5O5/c15-14(16,17)27-5-1-6(11(23)9(2-5)22(25)26)10-7(3-18)12(20)21-13(24)8(10)4-19/h1-2,23H,(H3,20,21,24). The molecule has 0 radical (unpaired) electrons. The number of halogens is 3. The van der Waals surface area contributed by atoms with Gasteiger partial charge in [-0.1, -0.05) is 0 Å². The van der Waals surface area contributed by atoms with Gasteiger partial charge < -0.3 is 20.6 Å². The first-order valence-corrected chi connectivity index (χ1v) is 6.63. The first kappa shape index (κ1) is 19.1. The lowest BCUT2D eigenvalue weighted by molar-refractivity contribution is -0.386. The topological polar surface area (TPSA) is 179 Å². The Bertz CT molecular complexity index is 1090. The highest BCUT2D eigenvalue weighted by Crippen LogP contribution is 2.43. The third-order valence-corrected chi connectivity index (χ3v) is 3.23. The van der Waals surface area contributed by atoms with Gasteiger partial charge in [-0.15, -0.1) is 13.2 Å². The molecule has 0 aliphatic heterocycles. The number of benzene rings is 1. The van der Waals surface area contributed by atoms with Crippen LogP contribution in [0.25, 0.3) is 11.1 Å². The van der Waals surface area contributed by atoms with E-state index in [2.05, 4.69) is 4.74 Å². The molecule has 1 aromatic carbocycles. The van der Waals surface area contributed by atoms with Gasteiger partial charge in [-0.2, -0.15) is 10.5 Å². The van der Waals surface area contributed by atoms with Crippen LogP contribution < -0.4 is 16.0 Å². The molecule has 2 rings (SSSR count). The molecule has 1 heterocycles. The van der Waals surface area contributed by atoms with Crippen LogP contribution in [-0.4, -0.2) is 21.4 Å². The molecule has 2 aromatic rings. The van der Waals surface area contributed by atoms with E-state index in [0.717, 1.165) is 0 Å². The summed E-state index contributed by atoms with van der Waals surface area (Å²) in [5, 5.41) is 39.5. The summed E-state index contributed by atoms with van der Waals surface area (Å²) in [6.45, 7) is 0. The van der Waals surface area contributed by atoms with E-state index in [9.17, 15) is 38.4 Å². The lowest BCUT2D eigenvalue weighted by Gasteiger charge is -2.14. The van der Waals surface area contributed by atoms with E-state index in [0.29, 0.717) is 12.1 Å². The number of nitrogens with zero attached hydrogens (tertiary/aromatic N) is 3. The fraction of sp³-hybridized carbons (Fsp3) is 0.0714. The third-order valence-electron chi connectivity index (χ3n) is 3.23. The van der Waals surface area contributed by atoms with E-state index in [4.69, 9.17) is 11.0 Å². The normalized spacial score (nSPS) is 10.7. The highest BCUT2D eigenvalue weighted by atomic mass is 19.4. The van der Waals surface area contributed by atoms with Crippen molar-refractivity contribution in [3.8, 4) is 34.8 Å². The maximum Gasteiger partial charge on any atom is 0.573 e. The van der Waals surface area contributed by atoms with E-state index < -0.39 is 62.1 Å². The van der Waals surface area contributed by atoms with Crippen LogP contribution in [0.1, 0.15) is 11.1 Å². The number of hydrogen-bond donors (Lipinski definition) is 3. The van der Waals surface area contributed by atoms with Gasteiger partial charge >= 0.3 is 12.0 Å². The van der Waals surface area contributed by atoms with Gasteiger partial charge in [0.05, 0.1) is 11.0 Å². The summed E-state index contributed by atoms with van der Waals surface area (Å²) in [5.41, 5.74) is 0.305. The molecular formula is C14H6F3N5O5. The molecule has 1 aromatic heterocycles. The van der Waals surface area contributed by atoms with Gasteiger partial charge in [-0.25, -0.2) is 0 Å². The van der Waals surface area contributed by atoms with E-state index >= 15 is 0 Å². The van der Waals surface area contributed by atoms with Crippen molar-refractivity contribution >= 4 is 11.5 Å². The van der Waals surface area contributed by atoms with Crippen LogP contribution in [0.2, 0.25) is 0 Å². The van der Waals surface area contributed by atoms with Crippen molar-refractivity contribution < 1.29 is 27.9 Å². The number of pyridine rings is 1. The number of H-pyrrole nitrogens is 1. The lowest BCUT2D eigenvalue weighted by atomic mass is 9.95. The lowest BCUT2D eigenvalue weighted by Crippen LogP contribution is -2.18. The number of alkyl halides is 3. The molecule has 27 heavy (non-hydrogen) atoms. The van der Waals surface area contributed by atoms with E-state index in [1.807, 2.05) is 4.98 Å². The van der Waals surface area contributed by atoms with Crippen molar-refractivity contribution in [2.45, 2.75) is 6.36 Å². The molecular weight excluding hydrogens is 375 g/mol. The SMILES string of the molecule is N#Cc1c(N)[nH]c(=O)c(C#N)c1-c1cc(OC(F)(F)F)cc([N+](=O)[O-])c1O. The zero-order valence-electron chi connectivity index (χ0n) is 12.8. The quantitative estimate of drug-likeness (QED) is 0.532. The van der Waals surface area contributed by atoms with Crippen LogP contribution in [0.4, 0.5) is 24.7 Å². The number of aromatic nitrogens is 1. The molecule has 13 heteroatoms. The van der Waals surface area contributed by atoms with Crippen molar-refractivity contribution in [2.24, 2.45) is 0 Å². The molecule has 0 amide bonds. The summed E-state index contributed by atoms with van der Waals surface area (Å²) in [5.74, 6) is -2.86. The number of nitro groups is 1. The number of nitrogens with one attached hydrogen (secondary N) is 1. The second-order valence-corrected chi connectivity index (χ2v) is 4.86. The second kappa shape index (κ2) is 6.57. The fourth-order valence-corrected chi connectivity index (χ4v) is 2.23. The molecule has 0 aliphatic rings. The predicted octanol–water partition coefficient (Wildman–Crippen LogP) is 1.88. The smallest absolute Gasteiger partial charge is 0.502 e. The molecule has 0 bridgehead atoms. The molecule has 0 saturated carbocycles. The summed E-state index contributed by atoms with van der Waals surface area (Å²) in [4.78, 5) is 23.7. The number of nitrogen functional groups attached to an aromatic ring is 1. The van der Waals surface area contributed by atoms with Gasteiger partial charge in [-0.3, -0.25) is 14.9 Å². The van der Waals surface area contributed by atoms with Crippen LogP contribution in [0.3, 0.4) is 0 Å². The van der Waals surface area contributed by atoms with Gasteiger partial charge in [-0.05, 0) is 6.07 Å². The number of nitro benzene ring substituents is 1. The minimum atomic E-state index is -5.23. The van der Waals surface area contributed by atoms with Crippen LogP contribution >= 0.6 is 0 Å². The second-order valence-electron chi connectivity index (χ2n) is 4.86. The van der Waals surface area contributed by atoms with Gasteiger partial charge in [0.15, 0.2) is 0 Å². The number of ether oxygens (including phenoxy) is 1. The maximum absolute atomic E-state index is 12.5. The number of hydrogen-bond acceptors (Lipinski definition) is 8. The van der Waals surface area contributed by atoms with Crippen molar-refractivity contribution in [3.63, 3.8) is 0 Å². The molecule has 138 valence electrons. The monoisotopic (exact) mass is 381 g/mol. The Kier molecular flexibility index (Phi) is 4.64. The number of nitrogens with two attached hydrogens (primary N) is 1. The van der Waals surface area contributed by atoms with Gasteiger partial charge in [0.25, 0.3) is 5.56 Å². The highest BCUT2D eigenvalue weighted by molar-refractivity contribution is 5.86. The molecule has 0 unspecified atom stereocenters. The molecule has 0 saturated heterocycles. The summed E-state index contributed by atoms with van der Waals surface area (Å²) >= 11 is 0. The van der Waals surface area contributed by atoms with Crippen molar-refractivity contribution in [2.75, 3.05) is 5.73 Å². The summed E-state index contributed by atoms with van der Waals surface area (Å²) in [6.07, 6.45) is -5.23. The number of phenolic OH excluding ortho intramolecular Hbond substituents is 1. The van der Waals surface area contributed by atoms with E-state index in [1.165, 1.54) is 12.1 Å². The minimum Gasteiger partial charge on any atom is -0.502 e. The average molecular weight is 381 g/mol. The Balaban J connectivity index is 3.00. The Labute approximate surface area is 146 Å². The Morgan fingerprint density at radius 3 is 2.33 bits per heavy atom. The van der Waals surface area contributed by atoms with Gasteiger partial charge in [0.1, 0.15) is 34.8 Å².